The molecule has 0 spiro atoms. The number of anilines is 2. The van der Waals surface area contributed by atoms with Crippen LogP contribution in [-0.4, -0.2) is 83.7 Å². The maximum Gasteiger partial charge on any atom is 0.237 e. The highest BCUT2D eigenvalue weighted by atomic mass is 35.5. The molecule has 11 heteroatoms. The van der Waals surface area contributed by atoms with Crippen molar-refractivity contribution in [3.8, 4) is 11.5 Å². The van der Waals surface area contributed by atoms with Crippen LogP contribution < -0.4 is 20.3 Å². The number of hydrogen-bond acceptors (Lipinski definition) is 8. The van der Waals surface area contributed by atoms with E-state index in [1.807, 2.05) is 80.1 Å². The van der Waals surface area contributed by atoms with Crippen LogP contribution in [0.25, 0.3) is 0 Å². The first-order valence-electron chi connectivity index (χ1n) is 19.2. The summed E-state index contributed by atoms with van der Waals surface area (Å²) in [7, 11) is 3.96. The molecule has 2 aliphatic heterocycles. The van der Waals surface area contributed by atoms with Crippen LogP contribution in [0.1, 0.15) is 88.6 Å². The normalized spacial score (nSPS) is 22.6. The first-order chi connectivity index (χ1) is 25.2. The van der Waals surface area contributed by atoms with Crippen LogP contribution in [0.3, 0.4) is 0 Å². The maximum absolute atomic E-state index is 14.4. The summed E-state index contributed by atoms with van der Waals surface area (Å²) in [4.78, 5) is 39.5. The number of pyridine rings is 1. The number of fused-ring (bicyclic) bond motifs is 1. The van der Waals surface area contributed by atoms with Crippen molar-refractivity contribution in [1.82, 2.24) is 14.8 Å². The number of carbonyl (C=O) groups is 2. The molecule has 3 aliphatic rings. The van der Waals surface area contributed by atoms with Crippen LogP contribution in [0.15, 0.2) is 48.7 Å². The lowest BCUT2D eigenvalue weighted by molar-refractivity contribution is -0.125. The molecule has 3 aromatic rings. The number of aromatic hydroxyl groups is 1. The first-order valence-corrected chi connectivity index (χ1v) is 19.6. The standard InChI is InChI=1S/C42H57ClN6O4/c1-25(2)53-37-19-35-34(36(42(37)52)18-26(3)27(4)28(5)44)20-39(50)49(41(35)30-10-12-31(43)13-11-30)33-16-17-38(45-21-33)46(6)22-29-8-14-32(15-9-29)48-23-40(51)47(7)24-48/h10-13,16-17,19,21,25-29,32,41,52H,8-9,14-15,18,20,22-24,44H2,1-7H3/t26-,27?,28-,29?,32?,41?/m1/s1. The Labute approximate surface area is 320 Å². The minimum atomic E-state index is -0.496. The lowest BCUT2D eigenvalue weighted by Crippen LogP contribution is -2.42. The minimum Gasteiger partial charge on any atom is -0.504 e. The fourth-order valence-corrected chi connectivity index (χ4v) is 8.58. The van der Waals surface area contributed by atoms with Crippen molar-refractivity contribution in [2.75, 3.05) is 43.7 Å². The van der Waals surface area contributed by atoms with Gasteiger partial charge in [0.25, 0.3) is 0 Å². The Morgan fingerprint density at radius 1 is 1.02 bits per heavy atom. The Hall–Kier alpha value is -3.86. The largest absolute Gasteiger partial charge is 0.504 e. The predicted molar refractivity (Wildman–Crippen MR) is 212 cm³/mol. The molecule has 6 rings (SSSR count). The Bertz CT molecular complexity index is 1760. The van der Waals surface area contributed by atoms with E-state index in [4.69, 9.17) is 27.1 Å². The highest BCUT2D eigenvalue weighted by molar-refractivity contribution is 6.30. The first kappa shape index (κ1) is 38.9. The zero-order valence-corrected chi connectivity index (χ0v) is 33.1. The van der Waals surface area contributed by atoms with Crippen molar-refractivity contribution in [2.45, 2.75) is 97.4 Å². The van der Waals surface area contributed by atoms with Crippen LogP contribution >= 0.6 is 11.6 Å². The van der Waals surface area contributed by atoms with Gasteiger partial charge in [-0.1, -0.05) is 37.6 Å². The third-order valence-electron chi connectivity index (χ3n) is 11.9. The van der Waals surface area contributed by atoms with Gasteiger partial charge in [0.15, 0.2) is 11.5 Å². The highest BCUT2D eigenvalue weighted by Gasteiger charge is 2.39. The molecule has 3 N–H and O–H groups in total. The molecule has 2 fully saturated rings. The number of amides is 2. The molecule has 4 atom stereocenters. The average molecular weight is 745 g/mol. The number of halogens is 1. The zero-order chi connectivity index (χ0) is 38.1. The van der Waals surface area contributed by atoms with Gasteiger partial charge in [-0.2, -0.15) is 0 Å². The predicted octanol–water partition coefficient (Wildman–Crippen LogP) is 6.79. The number of phenols is 1. The van der Waals surface area contributed by atoms with E-state index in [0.29, 0.717) is 41.4 Å². The summed E-state index contributed by atoms with van der Waals surface area (Å²) in [6.07, 6.45) is 6.78. The summed E-state index contributed by atoms with van der Waals surface area (Å²) >= 11 is 6.36. The number of benzene rings is 2. The number of rotatable bonds is 12. The van der Waals surface area contributed by atoms with Gasteiger partial charge in [-0.25, -0.2) is 4.98 Å². The van der Waals surface area contributed by atoms with Crippen molar-refractivity contribution in [3.63, 3.8) is 0 Å². The molecule has 0 radical (unpaired) electrons. The van der Waals surface area contributed by atoms with E-state index in [1.54, 1.807) is 6.20 Å². The van der Waals surface area contributed by atoms with E-state index < -0.39 is 6.04 Å². The van der Waals surface area contributed by atoms with Crippen molar-refractivity contribution in [2.24, 2.45) is 23.5 Å². The number of hydrogen-bond donors (Lipinski definition) is 2. The van der Waals surface area contributed by atoms with Gasteiger partial charge in [-0.15, -0.1) is 0 Å². The fraction of sp³-hybridized carbons (Fsp3) is 0.548. The fourth-order valence-electron chi connectivity index (χ4n) is 8.45. The SMILES string of the molecule is CC(C)Oc1cc2c(c(C[C@@H](C)C(C)[C@@H](C)N)c1O)CC(=O)N(c1ccc(N(C)CC3CCC(N4CC(=O)N(C)C4)CC3)nc1)C2c1ccc(Cl)cc1. The molecule has 53 heavy (non-hydrogen) atoms. The number of phenolic OH excluding ortho intramolecular Hbond substituents is 1. The Morgan fingerprint density at radius 2 is 1.72 bits per heavy atom. The molecule has 2 unspecified atom stereocenters. The quantitative estimate of drug-likeness (QED) is 0.208. The van der Waals surface area contributed by atoms with Crippen molar-refractivity contribution >= 4 is 34.9 Å². The van der Waals surface area contributed by atoms with E-state index in [1.165, 1.54) is 0 Å². The number of aromatic nitrogens is 1. The molecule has 286 valence electrons. The molecule has 1 saturated carbocycles. The third-order valence-corrected chi connectivity index (χ3v) is 12.1. The van der Waals surface area contributed by atoms with Crippen LogP contribution in [-0.2, 0) is 22.4 Å². The second kappa shape index (κ2) is 16.2. The average Bonchev–Trinajstić information content (AvgIpc) is 3.47. The Morgan fingerprint density at radius 3 is 2.30 bits per heavy atom. The molecule has 2 amide bonds. The van der Waals surface area contributed by atoms with E-state index in [0.717, 1.165) is 67.0 Å². The van der Waals surface area contributed by atoms with E-state index in [2.05, 4.69) is 30.7 Å². The summed E-state index contributed by atoms with van der Waals surface area (Å²) < 4.78 is 6.22. The topological polar surface area (TPSA) is 115 Å². The van der Waals surface area contributed by atoms with Crippen molar-refractivity contribution in [1.29, 1.82) is 0 Å². The number of nitrogens with two attached hydrogens (primary N) is 1. The van der Waals surface area contributed by atoms with Gasteiger partial charge in [-0.3, -0.25) is 19.4 Å². The van der Waals surface area contributed by atoms with Gasteiger partial charge >= 0.3 is 0 Å². The lowest BCUT2D eigenvalue weighted by Gasteiger charge is -2.39. The molecule has 3 heterocycles. The molecule has 10 nitrogen and oxygen atoms in total. The maximum atomic E-state index is 14.4. The molecule has 1 saturated heterocycles. The number of ether oxygens (including phenoxy) is 1. The van der Waals surface area contributed by atoms with Crippen LogP contribution in [0.4, 0.5) is 11.5 Å². The molecule has 1 aromatic heterocycles. The summed E-state index contributed by atoms with van der Waals surface area (Å²) in [5, 5.41) is 12.3. The minimum absolute atomic E-state index is 0.0168. The number of likely N-dealkylation sites (N-methyl/N-ethyl adjacent to an activating group) is 1. The Kier molecular flexibility index (Phi) is 11.9. The summed E-state index contributed by atoms with van der Waals surface area (Å²) in [6, 6.07) is 13.5. The van der Waals surface area contributed by atoms with Gasteiger partial charge in [-0.05, 0) is 118 Å². The molecule has 0 bridgehead atoms. The third kappa shape index (κ3) is 8.45. The van der Waals surface area contributed by atoms with E-state index in [9.17, 15) is 14.7 Å². The summed E-state index contributed by atoms with van der Waals surface area (Å²) in [6.45, 7) is 12.3. The molecular weight excluding hydrogens is 688 g/mol. The monoisotopic (exact) mass is 744 g/mol. The van der Waals surface area contributed by atoms with Crippen molar-refractivity contribution in [3.05, 3.63) is 75.9 Å². The van der Waals surface area contributed by atoms with Crippen LogP contribution in [0.2, 0.25) is 5.02 Å². The Balaban J connectivity index is 1.28. The smallest absolute Gasteiger partial charge is 0.237 e. The van der Waals surface area contributed by atoms with Gasteiger partial charge in [0, 0.05) is 43.3 Å². The van der Waals surface area contributed by atoms with Crippen molar-refractivity contribution < 1.29 is 19.4 Å². The molecular formula is C42H57ClN6O4. The number of carbonyl (C=O) groups excluding carboxylic acids is 2. The van der Waals surface area contributed by atoms with Crippen LogP contribution in [0.5, 0.6) is 11.5 Å². The van der Waals surface area contributed by atoms with Crippen LogP contribution in [0, 0.1) is 17.8 Å². The van der Waals surface area contributed by atoms with Gasteiger partial charge in [0.1, 0.15) is 5.82 Å². The lowest BCUT2D eigenvalue weighted by atomic mass is 9.79. The summed E-state index contributed by atoms with van der Waals surface area (Å²) in [5.41, 5.74) is 10.4. The van der Waals surface area contributed by atoms with Gasteiger partial charge < -0.3 is 25.4 Å². The van der Waals surface area contributed by atoms with E-state index in [-0.39, 0.29) is 48.0 Å². The zero-order valence-electron chi connectivity index (χ0n) is 32.4. The van der Waals surface area contributed by atoms with Gasteiger partial charge in [0.2, 0.25) is 11.8 Å². The summed E-state index contributed by atoms with van der Waals surface area (Å²) in [5.74, 6) is 2.40. The van der Waals surface area contributed by atoms with E-state index >= 15 is 0 Å². The molecule has 2 aromatic carbocycles. The van der Waals surface area contributed by atoms with Gasteiger partial charge in [0.05, 0.1) is 43.7 Å². The highest BCUT2D eigenvalue weighted by Crippen LogP contribution is 2.47. The number of nitrogens with zero attached hydrogens (tertiary/aromatic N) is 5. The molecule has 1 aliphatic carbocycles. The second-order valence-corrected chi connectivity index (χ2v) is 16.6. The second-order valence-electron chi connectivity index (χ2n) is 16.1.